The Morgan fingerprint density at radius 1 is 1.35 bits per heavy atom. The molecule has 4 nitrogen and oxygen atoms in total. The van der Waals surface area contributed by atoms with Crippen LogP contribution in [0.2, 0.25) is 0 Å². The number of nitrogens with zero attached hydrogens (tertiary/aromatic N) is 1. The van der Waals surface area contributed by atoms with Crippen molar-refractivity contribution >= 4 is 29.0 Å². The van der Waals surface area contributed by atoms with Crippen molar-refractivity contribution in [3.63, 3.8) is 0 Å². The number of hydrogen-bond acceptors (Lipinski definition) is 4. The molecule has 0 spiro atoms. The molecule has 1 aliphatic rings. The van der Waals surface area contributed by atoms with Gasteiger partial charge < -0.3 is 4.74 Å². The molecule has 5 heteroatoms. The van der Waals surface area contributed by atoms with Crippen molar-refractivity contribution in [1.29, 1.82) is 0 Å². The zero-order chi connectivity index (χ0) is 14.7. The number of methoxy groups -OCH3 is 1. The molecule has 2 rings (SSSR count). The van der Waals surface area contributed by atoms with Gasteiger partial charge in [0.15, 0.2) is 0 Å². The molecule has 0 radical (unpaired) electrons. The van der Waals surface area contributed by atoms with Gasteiger partial charge in [0.05, 0.1) is 12.0 Å². The number of carbonyl (C=O) groups is 2. The second-order valence-electron chi connectivity index (χ2n) is 4.56. The van der Waals surface area contributed by atoms with Crippen LogP contribution in [-0.2, 0) is 4.79 Å². The number of amides is 2. The van der Waals surface area contributed by atoms with Crippen LogP contribution in [0.1, 0.15) is 24.5 Å². The SMILES string of the molecule is CCCN1C(=O)S/C(=C/c2ccc(OC)c(C)c2)C1=O. The fourth-order valence-corrected chi connectivity index (χ4v) is 2.92. The molecule has 0 unspecified atom stereocenters. The van der Waals surface area contributed by atoms with Crippen molar-refractivity contribution in [3.8, 4) is 5.75 Å². The van der Waals surface area contributed by atoms with E-state index in [1.165, 1.54) is 4.90 Å². The third-order valence-electron chi connectivity index (χ3n) is 3.04. The first-order valence-electron chi connectivity index (χ1n) is 6.46. The summed E-state index contributed by atoms with van der Waals surface area (Å²) < 4.78 is 5.20. The number of ether oxygens (including phenoxy) is 1. The maximum Gasteiger partial charge on any atom is 0.293 e. The molecule has 0 bridgehead atoms. The predicted octanol–water partition coefficient (Wildman–Crippen LogP) is 3.45. The first-order valence-corrected chi connectivity index (χ1v) is 7.28. The van der Waals surface area contributed by atoms with Crippen LogP contribution in [0.4, 0.5) is 4.79 Å². The van der Waals surface area contributed by atoms with E-state index in [0.717, 1.165) is 35.1 Å². The topological polar surface area (TPSA) is 46.6 Å². The first kappa shape index (κ1) is 14.7. The molecule has 0 N–H and O–H groups in total. The Labute approximate surface area is 122 Å². The molecule has 1 fully saturated rings. The minimum absolute atomic E-state index is 0.187. The summed E-state index contributed by atoms with van der Waals surface area (Å²) in [6, 6.07) is 5.67. The molecule has 0 saturated carbocycles. The summed E-state index contributed by atoms with van der Waals surface area (Å²) in [5.41, 5.74) is 1.89. The van der Waals surface area contributed by atoms with Gasteiger partial charge in [0, 0.05) is 6.54 Å². The minimum Gasteiger partial charge on any atom is -0.496 e. The third kappa shape index (κ3) is 2.88. The summed E-state index contributed by atoms with van der Waals surface area (Å²) in [4.78, 5) is 25.6. The number of thioether (sulfide) groups is 1. The standard InChI is InChI=1S/C15H17NO3S/c1-4-7-16-14(17)13(20-15(16)18)9-11-5-6-12(19-3)10(2)8-11/h5-6,8-9H,4,7H2,1-3H3/b13-9+. The molecule has 2 amide bonds. The van der Waals surface area contributed by atoms with E-state index in [9.17, 15) is 9.59 Å². The summed E-state index contributed by atoms with van der Waals surface area (Å²) in [5, 5.41) is -0.187. The highest BCUT2D eigenvalue weighted by molar-refractivity contribution is 8.18. The Bertz CT molecular complexity index is 580. The number of carbonyl (C=O) groups excluding carboxylic acids is 2. The molecule has 1 aromatic rings. The molecule has 1 saturated heterocycles. The van der Waals surface area contributed by atoms with Gasteiger partial charge in [0.2, 0.25) is 0 Å². The highest BCUT2D eigenvalue weighted by Gasteiger charge is 2.34. The van der Waals surface area contributed by atoms with Gasteiger partial charge in [0.25, 0.3) is 11.1 Å². The maximum atomic E-state index is 12.1. The minimum atomic E-state index is -0.199. The monoisotopic (exact) mass is 291 g/mol. The third-order valence-corrected chi connectivity index (χ3v) is 3.94. The second kappa shape index (κ2) is 6.13. The molecule has 0 aliphatic carbocycles. The molecule has 1 aliphatic heterocycles. The second-order valence-corrected chi connectivity index (χ2v) is 5.56. The highest BCUT2D eigenvalue weighted by atomic mass is 32.2. The van der Waals surface area contributed by atoms with Crippen LogP contribution < -0.4 is 4.74 Å². The fourth-order valence-electron chi connectivity index (χ4n) is 2.06. The van der Waals surface area contributed by atoms with E-state index in [0.29, 0.717) is 11.4 Å². The molecule has 20 heavy (non-hydrogen) atoms. The summed E-state index contributed by atoms with van der Waals surface area (Å²) >= 11 is 1.000. The predicted molar refractivity (Wildman–Crippen MR) is 80.7 cm³/mol. The average Bonchev–Trinajstić information content (AvgIpc) is 2.67. The fraction of sp³-hybridized carbons (Fsp3) is 0.333. The van der Waals surface area contributed by atoms with Gasteiger partial charge in [-0.25, -0.2) is 0 Å². The van der Waals surface area contributed by atoms with Crippen LogP contribution in [0.25, 0.3) is 6.08 Å². The van der Waals surface area contributed by atoms with E-state index in [4.69, 9.17) is 4.74 Å². The Hall–Kier alpha value is -1.75. The Kier molecular flexibility index (Phi) is 4.49. The van der Waals surface area contributed by atoms with E-state index < -0.39 is 0 Å². The summed E-state index contributed by atoms with van der Waals surface area (Å²) in [6.07, 6.45) is 2.53. The normalized spacial score (nSPS) is 17.1. The van der Waals surface area contributed by atoms with Gasteiger partial charge in [-0.3, -0.25) is 14.5 Å². The van der Waals surface area contributed by atoms with Crippen molar-refractivity contribution in [1.82, 2.24) is 4.90 Å². The van der Waals surface area contributed by atoms with Gasteiger partial charge >= 0.3 is 0 Å². The van der Waals surface area contributed by atoms with E-state index in [2.05, 4.69) is 0 Å². The first-order chi connectivity index (χ1) is 9.56. The van der Waals surface area contributed by atoms with E-state index in [1.54, 1.807) is 13.2 Å². The van der Waals surface area contributed by atoms with Gasteiger partial charge in [-0.15, -0.1) is 0 Å². The molecule has 1 heterocycles. The number of aryl methyl sites for hydroxylation is 1. The summed E-state index contributed by atoms with van der Waals surface area (Å²) in [7, 11) is 1.62. The zero-order valence-electron chi connectivity index (χ0n) is 11.8. The lowest BCUT2D eigenvalue weighted by atomic mass is 10.1. The van der Waals surface area contributed by atoms with Gasteiger partial charge in [-0.1, -0.05) is 13.0 Å². The van der Waals surface area contributed by atoms with Crippen molar-refractivity contribution in [2.75, 3.05) is 13.7 Å². The van der Waals surface area contributed by atoms with Crippen LogP contribution >= 0.6 is 11.8 Å². The zero-order valence-corrected chi connectivity index (χ0v) is 12.6. The quantitative estimate of drug-likeness (QED) is 0.797. The van der Waals surface area contributed by atoms with Crippen molar-refractivity contribution in [2.24, 2.45) is 0 Å². The van der Waals surface area contributed by atoms with Crippen molar-refractivity contribution in [3.05, 3.63) is 34.2 Å². The van der Waals surface area contributed by atoms with Gasteiger partial charge in [-0.05, 0) is 54.4 Å². The highest BCUT2D eigenvalue weighted by Crippen LogP contribution is 2.32. The smallest absolute Gasteiger partial charge is 0.293 e. The van der Waals surface area contributed by atoms with Gasteiger partial charge in [0.1, 0.15) is 5.75 Å². The molecular weight excluding hydrogens is 274 g/mol. The largest absolute Gasteiger partial charge is 0.496 e. The van der Waals surface area contributed by atoms with Gasteiger partial charge in [-0.2, -0.15) is 0 Å². The van der Waals surface area contributed by atoms with Crippen molar-refractivity contribution < 1.29 is 14.3 Å². The van der Waals surface area contributed by atoms with Crippen molar-refractivity contribution in [2.45, 2.75) is 20.3 Å². The van der Waals surface area contributed by atoms with Crippen LogP contribution in [0.3, 0.4) is 0 Å². The van der Waals surface area contributed by atoms with Crippen LogP contribution in [0, 0.1) is 6.92 Å². The van der Waals surface area contributed by atoms with Crippen LogP contribution in [0.15, 0.2) is 23.1 Å². The number of imide groups is 1. The Morgan fingerprint density at radius 2 is 2.10 bits per heavy atom. The van der Waals surface area contributed by atoms with E-state index >= 15 is 0 Å². The van der Waals surface area contributed by atoms with E-state index in [-0.39, 0.29) is 11.1 Å². The summed E-state index contributed by atoms with van der Waals surface area (Å²) in [5.74, 6) is 0.608. The maximum absolute atomic E-state index is 12.1. The van der Waals surface area contributed by atoms with Crippen LogP contribution in [0.5, 0.6) is 5.75 Å². The number of hydrogen-bond donors (Lipinski definition) is 0. The number of benzene rings is 1. The molecule has 0 aromatic heterocycles. The lowest BCUT2D eigenvalue weighted by molar-refractivity contribution is -0.122. The number of rotatable bonds is 4. The summed E-state index contributed by atoms with van der Waals surface area (Å²) in [6.45, 7) is 4.36. The van der Waals surface area contributed by atoms with Crippen LogP contribution in [-0.4, -0.2) is 29.7 Å². The lowest BCUT2D eigenvalue weighted by Gasteiger charge is -2.09. The molecular formula is C15H17NO3S. The Balaban J connectivity index is 2.26. The Morgan fingerprint density at radius 3 is 2.70 bits per heavy atom. The molecule has 0 atom stereocenters. The molecule has 106 valence electrons. The van der Waals surface area contributed by atoms with E-state index in [1.807, 2.05) is 32.0 Å². The lowest BCUT2D eigenvalue weighted by Crippen LogP contribution is -2.28. The average molecular weight is 291 g/mol. The molecule has 1 aromatic carbocycles.